The Morgan fingerprint density at radius 3 is 2.49 bits per heavy atom. The number of nitrogens with one attached hydrogen (secondary N) is 1. The minimum absolute atomic E-state index is 0.0699. The first-order chi connectivity index (χ1) is 16.4. The molecular formula is C23H21F5N4O3. The van der Waals surface area contributed by atoms with Crippen molar-refractivity contribution in [1.29, 1.82) is 0 Å². The van der Waals surface area contributed by atoms with Gasteiger partial charge in [0.05, 0.1) is 17.9 Å². The fraction of sp³-hybridized carbons (Fsp3) is 0.304. The van der Waals surface area contributed by atoms with Gasteiger partial charge in [-0.15, -0.1) is 0 Å². The van der Waals surface area contributed by atoms with Gasteiger partial charge in [-0.2, -0.15) is 18.3 Å². The van der Waals surface area contributed by atoms with Crippen LogP contribution in [0.4, 0.5) is 27.8 Å². The molecule has 0 saturated carbocycles. The summed E-state index contributed by atoms with van der Waals surface area (Å²) in [7, 11) is 0. The van der Waals surface area contributed by atoms with Gasteiger partial charge in [-0.1, -0.05) is 13.0 Å². The van der Waals surface area contributed by atoms with Crippen molar-refractivity contribution in [2.24, 2.45) is 0 Å². The van der Waals surface area contributed by atoms with Crippen molar-refractivity contribution in [1.82, 2.24) is 15.1 Å². The van der Waals surface area contributed by atoms with Crippen LogP contribution < -0.4 is 11.1 Å². The third-order valence-corrected chi connectivity index (χ3v) is 6.34. The van der Waals surface area contributed by atoms with E-state index in [9.17, 15) is 37.0 Å². The van der Waals surface area contributed by atoms with Crippen LogP contribution in [0.5, 0.6) is 5.75 Å². The maximum absolute atomic E-state index is 14.1. The lowest BCUT2D eigenvalue weighted by Gasteiger charge is -2.45. The molecule has 0 spiro atoms. The van der Waals surface area contributed by atoms with E-state index in [1.54, 1.807) is 6.92 Å². The molecule has 1 aliphatic carbocycles. The molecular weight excluding hydrogens is 475 g/mol. The van der Waals surface area contributed by atoms with Crippen LogP contribution in [0.3, 0.4) is 0 Å². The number of nitrogen functional groups attached to an aromatic ring is 1. The molecule has 4 rings (SSSR count). The number of nitrogens with zero attached hydrogens (tertiary/aromatic N) is 2. The molecule has 1 aromatic heterocycles. The smallest absolute Gasteiger partial charge is 0.419 e. The lowest BCUT2D eigenvalue weighted by atomic mass is 9.69. The van der Waals surface area contributed by atoms with Crippen molar-refractivity contribution < 1.29 is 37.0 Å². The van der Waals surface area contributed by atoms with Gasteiger partial charge in [-0.3, -0.25) is 4.79 Å². The van der Waals surface area contributed by atoms with E-state index in [0.717, 1.165) is 35.1 Å². The summed E-state index contributed by atoms with van der Waals surface area (Å²) >= 11 is 0. The molecule has 0 bridgehead atoms. The van der Waals surface area contributed by atoms with E-state index < -0.39 is 53.4 Å². The van der Waals surface area contributed by atoms with Crippen molar-refractivity contribution in [3.63, 3.8) is 0 Å². The highest BCUT2D eigenvalue weighted by molar-refractivity contribution is 5.98. The normalized spacial score (nSPS) is 22.0. The molecule has 0 radical (unpaired) electrons. The minimum atomic E-state index is -5.18. The number of hydrogen-bond acceptors (Lipinski definition) is 5. The van der Waals surface area contributed by atoms with Crippen LogP contribution in [-0.4, -0.2) is 37.7 Å². The Balaban J connectivity index is 1.77. The second-order valence-corrected chi connectivity index (χ2v) is 8.37. The van der Waals surface area contributed by atoms with E-state index in [2.05, 4.69) is 10.4 Å². The summed E-state index contributed by atoms with van der Waals surface area (Å²) in [5.74, 6) is -4.74. The number of benzene rings is 2. The predicted molar refractivity (Wildman–Crippen MR) is 115 cm³/mol. The molecule has 0 saturated heterocycles. The molecule has 0 aliphatic heterocycles. The summed E-state index contributed by atoms with van der Waals surface area (Å²) in [5.41, 5.74) is 2.19. The summed E-state index contributed by atoms with van der Waals surface area (Å²) in [6, 6.07) is 4.63. The van der Waals surface area contributed by atoms with Crippen LogP contribution in [0.15, 0.2) is 42.6 Å². The van der Waals surface area contributed by atoms with Crippen LogP contribution >= 0.6 is 0 Å². The Morgan fingerprint density at radius 1 is 1.23 bits per heavy atom. The quantitative estimate of drug-likeness (QED) is 0.406. The van der Waals surface area contributed by atoms with E-state index in [-0.39, 0.29) is 28.9 Å². The molecule has 1 unspecified atom stereocenters. The number of anilines is 1. The number of halogens is 5. The number of fused-ring (bicyclic) bond motifs is 1. The van der Waals surface area contributed by atoms with Crippen LogP contribution in [0.25, 0.3) is 5.69 Å². The van der Waals surface area contributed by atoms with Gasteiger partial charge in [-0.05, 0) is 54.7 Å². The average Bonchev–Trinajstić information content (AvgIpc) is 3.18. The van der Waals surface area contributed by atoms with Crippen molar-refractivity contribution in [3.8, 4) is 11.4 Å². The van der Waals surface area contributed by atoms with E-state index in [4.69, 9.17) is 5.73 Å². The Morgan fingerprint density at radius 2 is 1.89 bits per heavy atom. The van der Waals surface area contributed by atoms with Crippen LogP contribution in [0, 0.1) is 11.6 Å². The van der Waals surface area contributed by atoms with Crippen molar-refractivity contribution in [3.05, 3.63) is 70.9 Å². The number of aromatic hydroxyl groups is 1. The Bertz CT molecular complexity index is 1280. The average molecular weight is 496 g/mol. The van der Waals surface area contributed by atoms with Crippen molar-refractivity contribution in [2.45, 2.75) is 43.5 Å². The first kappa shape index (κ1) is 24.5. The molecule has 7 nitrogen and oxygen atoms in total. The van der Waals surface area contributed by atoms with Gasteiger partial charge in [0.15, 0.2) is 17.2 Å². The summed E-state index contributed by atoms with van der Waals surface area (Å²) in [5, 5.41) is 27.2. The lowest BCUT2D eigenvalue weighted by Crippen LogP contribution is -2.58. The molecule has 3 atom stereocenters. The molecule has 35 heavy (non-hydrogen) atoms. The molecule has 5 N–H and O–H groups in total. The molecule has 2 aromatic carbocycles. The highest BCUT2D eigenvalue weighted by Gasteiger charge is 2.62. The largest absolute Gasteiger partial charge is 0.505 e. The maximum atomic E-state index is 14.1. The highest BCUT2D eigenvalue weighted by Crippen LogP contribution is 2.54. The van der Waals surface area contributed by atoms with Gasteiger partial charge in [-0.25, -0.2) is 13.5 Å². The SMILES string of the molecule is CCC1C[C@@](O)(C(F)(F)F)[C@@H](NC(=O)c2cnn(-c3ccc(F)cc3)c2N)c2ccc(F)c(O)c21. The molecule has 186 valence electrons. The first-order valence-corrected chi connectivity index (χ1v) is 10.6. The molecule has 1 amide bonds. The third kappa shape index (κ3) is 3.97. The minimum Gasteiger partial charge on any atom is -0.505 e. The fourth-order valence-electron chi connectivity index (χ4n) is 4.49. The number of amides is 1. The van der Waals surface area contributed by atoms with Gasteiger partial charge in [0.2, 0.25) is 0 Å². The number of rotatable bonds is 4. The van der Waals surface area contributed by atoms with Gasteiger partial charge in [0.1, 0.15) is 17.2 Å². The van der Waals surface area contributed by atoms with E-state index >= 15 is 0 Å². The summed E-state index contributed by atoms with van der Waals surface area (Å²) in [6.07, 6.45) is -5.00. The number of carbonyl (C=O) groups is 1. The second-order valence-electron chi connectivity index (χ2n) is 8.37. The number of hydrogen-bond donors (Lipinski definition) is 4. The number of aliphatic hydroxyl groups is 1. The molecule has 3 aromatic rings. The predicted octanol–water partition coefficient (Wildman–Crippen LogP) is 4.10. The highest BCUT2D eigenvalue weighted by atomic mass is 19.4. The standard InChI is InChI=1S/C23H21F5N4O3/c1-2-11-9-22(35,23(26,27)28)19(14-7-8-16(25)18(33)17(11)14)31-21(34)15-10-30-32(20(15)29)13-5-3-12(24)4-6-13/h3-8,10-11,19,33,35H,2,9,29H2,1H3,(H,31,34)/t11?,19-,22-/m0/s1. The number of carbonyl (C=O) groups excluding carboxylic acids is 1. The van der Waals surface area contributed by atoms with Crippen molar-refractivity contribution >= 4 is 11.7 Å². The van der Waals surface area contributed by atoms with Gasteiger partial charge >= 0.3 is 6.18 Å². The van der Waals surface area contributed by atoms with E-state index in [1.807, 2.05) is 0 Å². The van der Waals surface area contributed by atoms with Crippen LogP contribution in [0.1, 0.15) is 53.2 Å². The maximum Gasteiger partial charge on any atom is 0.419 e. The number of alkyl halides is 3. The number of aromatic nitrogens is 2. The Labute approximate surface area is 196 Å². The zero-order valence-electron chi connectivity index (χ0n) is 18.3. The van der Waals surface area contributed by atoms with Gasteiger partial charge in [0, 0.05) is 5.56 Å². The zero-order chi connectivity index (χ0) is 25.7. The van der Waals surface area contributed by atoms with E-state index in [0.29, 0.717) is 5.69 Å². The van der Waals surface area contributed by atoms with Gasteiger partial charge < -0.3 is 21.3 Å². The molecule has 0 fully saturated rings. The summed E-state index contributed by atoms with van der Waals surface area (Å²) in [6.45, 7) is 1.54. The zero-order valence-corrected chi connectivity index (χ0v) is 18.3. The van der Waals surface area contributed by atoms with Gasteiger partial charge in [0.25, 0.3) is 5.91 Å². The first-order valence-electron chi connectivity index (χ1n) is 10.6. The van der Waals surface area contributed by atoms with Crippen molar-refractivity contribution in [2.75, 3.05) is 5.73 Å². The monoisotopic (exact) mass is 496 g/mol. The topological polar surface area (TPSA) is 113 Å². The number of nitrogens with two attached hydrogens (primary N) is 1. The second kappa shape index (κ2) is 8.52. The Kier molecular flexibility index (Phi) is 5.95. The van der Waals surface area contributed by atoms with Crippen LogP contribution in [-0.2, 0) is 0 Å². The number of phenolic OH excluding ortho intramolecular Hbond substituents is 1. The van der Waals surface area contributed by atoms with E-state index in [1.165, 1.54) is 12.1 Å². The lowest BCUT2D eigenvalue weighted by molar-refractivity contribution is -0.277. The fourth-order valence-corrected chi connectivity index (χ4v) is 4.49. The van der Waals surface area contributed by atoms with Crippen LogP contribution in [0.2, 0.25) is 0 Å². The molecule has 12 heteroatoms. The number of phenols is 1. The summed E-state index contributed by atoms with van der Waals surface area (Å²) < 4.78 is 70.8. The molecule has 1 heterocycles. The molecule has 1 aliphatic rings. The summed E-state index contributed by atoms with van der Waals surface area (Å²) in [4.78, 5) is 13.0. The Hall–Kier alpha value is -3.67. The third-order valence-electron chi connectivity index (χ3n) is 6.34.